The van der Waals surface area contributed by atoms with Gasteiger partial charge in [-0.3, -0.25) is 4.79 Å². The number of hydrogen-bond donors (Lipinski definition) is 0. The van der Waals surface area contributed by atoms with Crippen molar-refractivity contribution in [2.45, 2.75) is 18.2 Å². The zero-order chi connectivity index (χ0) is 10.6. The van der Waals surface area contributed by atoms with Crippen LogP contribution in [0, 0.1) is 0 Å². The summed E-state index contributed by atoms with van der Waals surface area (Å²) in [4.78, 5) is 11.2. The Morgan fingerprint density at radius 2 is 2.00 bits per heavy atom. The number of benzene rings is 1. The maximum absolute atomic E-state index is 11.4. The number of ketones is 1. The molecular formula is C11H13BrO2. The summed E-state index contributed by atoms with van der Waals surface area (Å²) in [5.41, 5.74) is 0.970. The van der Waals surface area contributed by atoms with Crippen LogP contribution in [0.4, 0.5) is 0 Å². The highest BCUT2D eigenvalue weighted by atomic mass is 79.9. The average Bonchev–Trinajstić information content (AvgIpc) is 2.27. The highest BCUT2D eigenvalue weighted by Gasteiger charge is 2.14. The molecular weight excluding hydrogens is 244 g/mol. The molecule has 0 spiro atoms. The number of hydrogen-bond acceptors (Lipinski definition) is 2. The Bertz CT molecular complexity index is 306. The summed E-state index contributed by atoms with van der Waals surface area (Å²) >= 11 is 3.37. The molecule has 2 nitrogen and oxygen atoms in total. The van der Waals surface area contributed by atoms with Crippen LogP contribution < -0.4 is 4.74 Å². The normalized spacial score (nSPS) is 12.2. The highest BCUT2D eigenvalue weighted by Crippen LogP contribution is 2.26. The summed E-state index contributed by atoms with van der Waals surface area (Å²) < 4.78 is 5.04. The van der Waals surface area contributed by atoms with Gasteiger partial charge in [0.15, 0.2) is 5.78 Å². The van der Waals surface area contributed by atoms with Crippen LogP contribution >= 0.6 is 15.9 Å². The molecule has 0 radical (unpaired) electrons. The Morgan fingerprint density at radius 3 is 2.43 bits per heavy atom. The maximum atomic E-state index is 11.4. The number of rotatable bonds is 4. The molecule has 1 aromatic rings. The van der Waals surface area contributed by atoms with Gasteiger partial charge in [-0.2, -0.15) is 0 Å². The lowest BCUT2D eigenvalue weighted by molar-refractivity contribution is -0.118. The third-order valence-electron chi connectivity index (χ3n) is 2.04. The summed E-state index contributed by atoms with van der Waals surface area (Å²) in [7, 11) is 1.62. The van der Waals surface area contributed by atoms with Gasteiger partial charge < -0.3 is 4.74 Å². The first kappa shape index (κ1) is 11.2. The topological polar surface area (TPSA) is 26.3 Å². The van der Waals surface area contributed by atoms with Crippen LogP contribution in [0.1, 0.15) is 23.7 Å². The molecule has 1 aromatic carbocycles. The second kappa shape index (κ2) is 5.15. The largest absolute Gasteiger partial charge is 0.497 e. The van der Waals surface area contributed by atoms with Crippen LogP contribution in [0.3, 0.4) is 0 Å². The van der Waals surface area contributed by atoms with Gasteiger partial charge in [0, 0.05) is 6.42 Å². The summed E-state index contributed by atoms with van der Waals surface area (Å²) in [6.45, 7) is 1.86. The zero-order valence-corrected chi connectivity index (χ0v) is 9.87. The van der Waals surface area contributed by atoms with Crippen LogP contribution in [0.5, 0.6) is 5.75 Å². The van der Waals surface area contributed by atoms with Crippen molar-refractivity contribution in [2.75, 3.05) is 7.11 Å². The maximum Gasteiger partial charge on any atom is 0.150 e. The molecule has 0 heterocycles. The molecule has 1 atom stereocenters. The minimum Gasteiger partial charge on any atom is -0.497 e. The Kier molecular flexibility index (Phi) is 4.14. The molecule has 0 amide bonds. The van der Waals surface area contributed by atoms with Gasteiger partial charge >= 0.3 is 0 Å². The van der Waals surface area contributed by atoms with Crippen LogP contribution in [-0.4, -0.2) is 12.9 Å². The van der Waals surface area contributed by atoms with Crippen LogP contribution in [0.15, 0.2) is 24.3 Å². The summed E-state index contributed by atoms with van der Waals surface area (Å²) in [5.74, 6) is 0.993. The third-order valence-corrected chi connectivity index (χ3v) is 3.08. The molecule has 0 aliphatic rings. The second-order valence-electron chi connectivity index (χ2n) is 2.96. The molecule has 3 heteroatoms. The van der Waals surface area contributed by atoms with Crippen LogP contribution in [0.25, 0.3) is 0 Å². The van der Waals surface area contributed by atoms with Crippen molar-refractivity contribution >= 4 is 21.7 Å². The van der Waals surface area contributed by atoms with Crippen molar-refractivity contribution in [3.8, 4) is 5.75 Å². The number of carbonyl (C=O) groups excluding carboxylic acids is 1. The number of carbonyl (C=O) groups is 1. The van der Waals surface area contributed by atoms with E-state index in [0.717, 1.165) is 11.3 Å². The Hall–Kier alpha value is -0.830. The van der Waals surface area contributed by atoms with Gasteiger partial charge in [-0.05, 0) is 17.7 Å². The molecule has 0 N–H and O–H groups in total. The molecule has 0 saturated heterocycles. The van der Waals surface area contributed by atoms with E-state index in [9.17, 15) is 4.79 Å². The number of ether oxygens (including phenoxy) is 1. The number of methoxy groups -OCH3 is 1. The van der Waals surface area contributed by atoms with E-state index in [1.54, 1.807) is 7.11 Å². The van der Waals surface area contributed by atoms with Gasteiger partial charge in [0.25, 0.3) is 0 Å². The molecule has 0 aliphatic heterocycles. The standard InChI is InChI=1S/C11H13BrO2/c1-3-10(13)11(12)8-4-6-9(14-2)7-5-8/h4-7,11H,3H2,1-2H3. The predicted octanol–water partition coefficient (Wildman–Crippen LogP) is 3.11. The molecule has 0 fully saturated rings. The fourth-order valence-corrected chi connectivity index (χ4v) is 1.77. The first-order chi connectivity index (χ1) is 6.69. The fraction of sp³-hybridized carbons (Fsp3) is 0.364. The molecule has 0 aliphatic carbocycles. The smallest absolute Gasteiger partial charge is 0.150 e. The van der Waals surface area contributed by atoms with Gasteiger partial charge in [0.2, 0.25) is 0 Å². The molecule has 0 aromatic heterocycles. The molecule has 0 saturated carbocycles. The van der Waals surface area contributed by atoms with E-state index >= 15 is 0 Å². The van der Waals surface area contributed by atoms with Gasteiger partial charge in [0.05, 0.1) is 11.9 Å². The van der Waals surface area contributed by atoms with Crippen molar-refractivity contribution in [2.24, 2.45) is 0 Å². The Labute approximate surface area is 92.4 Å². The Morgan fingerprint density at radius 1 is 1.43 bits per heavy atom. The van der Waals surface area contributed by atoms with Crippen molar-refractivity contribution in [3.05, 3.63) is 29.8 Å². The van der Waals surface area contributed by atoms with E-state index < -0.39 is 0 Å². The number of Topliss-reactive ketones (excluding diaryl/α,β-unsaturated/α-hetero) is 1. The first-order valence-corrected chi connectivity index (χ1v) is 5.41. The predicted molar refractivity (Wildman–Crippen MR) is 60.0 cm³/mol. The van der Waals surface area contributed by atoms with Crippen molar-refractivity contribution in [3.63, 3.8) is 0 Å². The third kappa shape index (κ3) is 2.58. The van der Waals surface area contributed by atoms with Crippen molar-refractivity contribution in [1.82, 2.24) is 0 Å². The van der Waals surface area contributed by atoms with Crippen LogP contribution in [0.2, 0.25) is 0 Å². The number of alkyl halides is 1. The lowest BCUT2D eigenvalue weighted by atomic mass is 10.1. The van der Waals surface area contributed by atoms with Gasteiger partial charge in [-0.15, -0.1) is 0 Å². The quantitative estimate of drug-likeness (QED) is 0.774. The number of halogens is 1. The van der Waals surface area contributed by atoms with E-state index in [-0.39, 0.29) is 10.6 Å². The SMILES string of the molecule is CCC(=O)C(Br)c1ccc(OC)cc1. The average molecular weight is 257 g/mol. The lowest BCUT2D eigenvalue weighted by Gasteiger charge is -2.08. The summed E-state index contributed by atoms with van der Waals surface area (Å²) in [5, 5.41) is 0. The van der Waals surface area contributed by atoms with E-state index in [4.69, 9.17) is 4.74 Å². The molecule has 0 bridgehead atoms. The minimum atomic E-state index is -0.196. The van der Waals surface area contributed by atoms with Gasteiger partial charge in [-0.1, -0.05) is 35.0 Å². The van der Waals surface area contributed by atoms with Crippen LogP contribution in [-0.2, 0) is 4.79 Å². The first-order valence-electron chi connectivity index (χ1n) is 4.49. The second-order valence-corrected chi connectivity index (χ2v) is 3.87. The molecule has 1 rings (SSSR count). The monoisotopic (exact) mass is 256 g/mol. The molecule has 14 heavy (non-hydrogen) atoms. The van der Waals surface area contributed by atoms with E-state index in [0.29, 0.717) is 6.42 Å². The minimum absolute atomic E-state index is 0.190. The fourth-order valence-electron chi connectivity index (χ4n) is 1.14. The van der Waals surface area contributed by atoms with E-state index in [2.05, 4.69) is 15.9 Å². The van der Waals surface area contributed by atoms with Gasteiger partial charge in [-0.25, -0.2) is 0 Å². The summed E-state index contributed by atoms with van der Waals surface area (Å²) in [6.07, 6.45) is 0.544. The zero-order valence-electron chi connectivity index (χ0n) is 8.29. The van der Waals surface area contributed by atoms with Crippen molar-refractivity contribution < 1.29 is 9.53 Å². The van der Waals surface area contributed by atoms with Crippen molar-refractivity contribution in [1.29, 1.82) is 0 Å². The molecule has 1 unspecified atom stereocenters. The summed E-state index contributed by atoms with van der Waals surface area (Å²) in [6, 6.07) is 7.50. The highest BCUT2D eigenvalue weighted by molar-refractivity contribution is 9.09. The van der Waals surface area contributed by atoms with E-state index in [1.165, 1.54) is 0 Å². The Balaban J connectivity index is 2.81. The van der Waals surface area contributed by atoms with Gasteiger partial charge in [0.1, 0.15) is 5.75 Å². The van der Waals surface area contributed by atoms with E-state index in [1.807, 2.05) is 31.2 Å². The molecule has 76 valence electrons. The lowest BCUT2D eigenvalue weighted by Crippen LogP contribution is -2.04.